The quantitative estimate of drug-likeness (QED) is 0.249. The molecule has 1 aliphatic heterocycles. The van der Waals surface area contributed by atoms with Crippen LogP contribution in [0.5, 0.6) is 0 Å². The van der Waals surface area contributed by atoms with Crippen LogP contribution in [-0.2, 0) is 20.7 Å². The van der Waals surface area contributed by atoms with Crippen molar-refractivity contribution in [2.45, 2.75) is 24.5 Å². The summed E-state index contributed by atoms with van der Waals surface area (Å²) in [6, 6.07) is 29.3. The van der Waals surface area contributed by atoms with Crippen LogP contribution in [0, 0.1) is 17.9 Å². The first-order chi connectivity index (χ1) is 15.5. The van der Waals surface area contributed by atoms with Gasteiger partial charge in [0.15, 0.2) is 20.4 Å². The molecule has 0 saturated carbocycles. The van der Waals surface area contributed by atoms with Gasteiger partial charge in [0, 0.05) is 11.1 Å². The standard InChI is InChI=1S/C26H15N2O2S2/c1-28-19-11-15-21(16-12-19)31(20-13-9-18(17-27)10-14-20)24-7-4-6-23-22-5-2-3-8-25(22)32(29,30)26(23)24/h2-16H/q+1. The molecule has 1 heterocycles. The highest BCUT2D eigenvalue weighted by molar-refractivity contribution is 7.98. The highest BCUT2D eigenvalue weighted by Gasteiger charge is 2.42. The Balaban J connectivity index is 1.79. The van der Waals surface area contributed by atoms with Crippen molar-refractivity contribution < 1.29 is 8.42 Å². The first-order valence-corrected chi connectivity index (χ1v) is 12.4. The maximum absolute atomic E-state index is 13.6. The minimum atomic E-state index is -3.68. The van der Waals surface area contributed by atoms with Gasteiger partial charge >= 0.3 is 0 Å². The lowest BCUT2D eigenvalue weighted by Gasteiger charge is -2.11. The molecular formula is C26H15N2O2S2+. The first kappa shape index (κ1) is 20.1. The predicted octanol–water partition coefficient (Wildman–Crippen LogP) is 6.02. The molecule has 6 heteroatoms. The topological polar surface area (TPSA) is 62.3 Å². The fourth-order valence-electron chi connectivity index (χ4n) is 3.91. The lowest BCUT2D eigenvalue weighted by Crippen LogP contribution is -2.10. The largest absolute Gasteiger partial charge is 0.238 e. The second-order valence-corrected chi connectivity index (χ2v) is 11.0. The van der Waals surface area contributed by atoms with Crippen molar-refractivity contribution in [2.24, 2.45) is 0 Å². The Morgan fingerprint density at radius 1 is 0.781 bits per heavy atom. The van der Waals surface area contributed by atoms with E-state index in [1.54, 1.807) is 36.4 Å². The Hall–Kier alpha value is -3.84. The lowest BCUT2D eigenvalue weighted by atomic mass is 10.1. The summed E-state index contributed by atoms with van der Waals surface area (Å²) in [5, 5.41) is 9.20. The van der Waals surface area contributed by atoms with Gasteiger partial charge in [-0.05, 0) is 48.5 Å². The number of rotatable bonds is 3. The molecular weight excluding hydrogens is 436 g/mol. The Kier molecular flexibility index (Phi) is 4.83. The fraction of sp³-hybridized carbons (Fsp3) is 0. The van der Waals surface area contributed by atoms with E-state index < -0.39 is 20.7 Å². The van der Waals surface area contributed by atoms with Crippen molar-refractivity contribution in [3.63, 3.8) is 0 Å². The van der Waals surface area contributed by atoms with Gasteiger partial charge in [-0.2, -0.15) is 5.26 Å². The molecule has 32 heavy (non-hydrogen) atoms. The van der Waals surface area contributed by atoms with Crippen molar-refractivity contribution in [1.29, 1.82) is 5.26 Å². The molecule has 0 saturated heterocycles. The third kappa shape index (κ3) is 3.09. The zero-order chi connectivity index (χ0) is 22.3. The van der Waals surface area contributed by atoms with E-state index in [1.165, 1.54) is 0 Å². The van der Waals surface area contributed by atoms with Crippen LogP contribution in [0.2, 0.25) is 0 Å². The number of hydrogen-bond acceptors (Lipinski definition) is 3. The van der Waals surface area contributed by atoms with E-state index >= 15 is 0 Å². The molecule has 0 radical (unpaired) electrons. The van der Waals surface area contributed by atoms with Gasteiger partial charge in [-0.1, -0.05) is 42.5 Å². The van der Waals surface area contributed by atoms with Crippen molar-refractivity contribution in [3.8, 4) is 17.2 Å². The number of nitrogens with zero attached hydrogens (tertiary/aromatic N) is 2. The molecule has 1 atom stereocenters. The summed E-state index contributed by atoms with van der Waals surface area (Å²) in [6.07, 6.45) is 0. The van der Waals surface area contributed by atoms with Crippen molar-refractivity contribution in [3.05, 3.63) is 108 Å². The second kappa shape index (κ2) is 7.69. The van der Waals surface area contributed by atoms with E-state index in [0.29, 0.717) is 31.5 Å². The summed E-state index contributed by atoms with van der Waals surface area (Å²) >= 11 is 0. The zero-order valence-corrected chi connectivity index (χ0v) is 18.3. The van der Waals surface area contributed by atoms with Crippen LogP contribution in [0.15, 0.2) is 115 Å². The van der Waals surface area contributed by atoms with E-state index in [9.17, 15) is 13.7 Å². The minimum Gasteiger partial charge on any atom is -0.238 e. The lowest BCUT2D eigenvalue weighted by molar-refractivity contribution is 0.597. The normalized spacial score (nSPS) is 13.9. The third-order valence-corrected chi connectivity index (χ3v) is 9.66. The molecule has 0 spiro atoms. The van der Waals surface area contributed by atoms with Crippen LogP contribution in [0.25, 0.3) is 16.0 Å². The van der Waals surface area contributed by atoms with Crippen LogP contribution in [0.1, 0.15) is 5.56 Å². The molecule has 0 fully saturated rings. The molecule has 5 rings (SSSR count). The van der Waals surface area contributed by atoms with Gasteiger partial charge in [-0.15, -0.1) is 0 Å². The number of fused-ring (bicyclic) bond motifs is 3. The van der Waals surface area contributed by atoms with E-state index in [0.717, 1.165) is 15.4 Å². The van der Waals surface area contributed by atoms with E-state index in [2.05, 4.69) is 10.9 Å². The van der Waals surface area contributed by atoms with E-state index in [1.807, 2.05) is 54.6 Å². The molecule has 0 bridgehead atoms. The Labute approximate surface area is 189 Å². The van der Waals surface area contributed by atoms with Gasteiger partial charge in [0.2, 0.25) is 9.84 Å². The first-order valence-electron chi connectivity index (χ1n) is 9.74. The number of nitriles is 1. The van der Waals surface area contributed by atoms with Gasteiger partial charge in [0.25, 0.3) is 0 Å². The van der Waals surface area contributed by atoms with Crippen LogP contribution < -0.4 is 0 Å². The molecule has 1 aliphatic rings. The van der Waals surface area contributed by atoms with Crippen molar-refractivity contribution >= 4 is 26.4 Å². The number of benzene rings is 4. The number of hydrogen-bond donors (Lipinski definition) is 0. The molecule has 4 aromatic rings. The molecule has 0 aliphatic carbocycles. The van der Waals surface area contributed by atoms with E-state index in [4.69, 9.17) is 6.57 Å². The molecule has 0 N–H and O–H groups in total. The maximum Gasteiger partial charge on any atom is 0.212 e. The molecule has 0 aromatic heterocycles. The van der Waals surface area contributed by atoms with Gasteiger partial charge in [-0.25, -0.2) is 13.3 Å². The Morgan fingerprint density at radius 2 is 1.41 bits per heavy atom. The third-order valence-electron chi connectivity index (χ3n) is 5.35. The van der Waals surface area contributed by atoms with Crippen molar-refractivity contribution in [1.82, 2.24) is 0 Å². The molecule has 152 valence electrons. The molecule has 1 unspecified atom stereocenters. The van der Waals surface area contributed by atoms with Crippen LogP contribution >= 0.6 is 0 Å². The SMILES string of the molecule is [C-]#[N+]c1ccc([S+](c2ccc(C#N)cc2)c2cccc3c2S(=O)(=O)c2ccccc2-3)cc1. The van der Waals surface area contributed by atoms with Crippen LogP contribution in [0.3, 0.4) is 0 Å². The van der Waals surface area contributed by atoms with Gasteiger partial charge in [-0.3, -0.25) is 0 Å². The summed E-state index contributed by atoms with van der Waals surface area (Å²) in [5.74, 6) is 0. The summed E-state index contributed by atoms with van der Waals surface area (Å²) < 4.78 is 27.2. The Morgan fingerprint density at radius 3 is 2.06 bits per heavy atom. The highest BCUT2D eigenvalue weighted by Crippen LogP contribution is 2.48. The monoisotopic (exact) mass is 451 g/mol. The average molecular weight is 452 g/mol. The minimum absolute atomic E-state index is 0.328. The van der Waals surface area contributed by atoms with Gasteiger partial charge < -0.3 is 0 Å². The molecule has 4 nitrogen and oxygen atoms in total. The molecule has 4 aromatic carbocycles. The van der Waals surface area contributed by atoms with E-state index in [-0.39, 0.29) is 0 Å². The summed E-state index contributed by atoms with van der Waals surface area (Å²) in [7, 11) is -4.42. The van der Waals surface area contributed by atoms with Crippen LogP contribution in [0.4, 0.5) is 5.69 Å². The van der Waals surface area contributed by atoms with Crippen molar-refractivity contribution in [2.75, 3.05) is 0 Å². The van der Waals surface area contributed by atoms with Gasteiger partial charge in [0.05, 0.1) is 23.1 Å². The summed E-state index contributed by atoms with van der Waals surface area (Å²) in [6.45, 7) is 7.24. The zero-order valence-electron chi connectivity index (χ0n) is 16.7. The summed E-state index contributed by atoms with van der Waals surface area (Å²) in [4.78, 5) is 6.65. The van der Waals surface area contributed by atoms with Gasteiger partial charge in [0.1, 0.15) is 15.8 Å². The fourth-order valence-corrected chi connectivity index (χ4v) is 8.34. The van der Waals surface area contributed by atoms with Crippen LogP contribution in [-0.4, -0.2) is 8.42 Å². The summed E-state index contributed by atoms with van der Waals surface area (Å²) in [5.41, 5.74) is 2.49. The Bertz CT molecular complexity index is 1490. The number of sulfone groups is 1. The highest BCUT2D eigenvalue weighted by atomic mass is 32.2. The smallest absolute Gasteiger partial charge is 0.212 e. The predicted molar refractivity (Wildman–Crippen MR) is 123 cm³/mol. The molecule has 0 amide bonds. The second-order valence-electron chi connectivity index (χ2n) is 7.18. The average Bonchev–Trinajstić information content (AvgIpc) is 3.08. The maximum atomic E-state index is 13.6.